The molecule has 1 aliphatic heterocycles. The predicted molar refractivity (Wildman–Crippen MR) is 120 cm³/mol. The summed E-state index contributed by atoms with van der Waals surface area (Å²) in [5.74, 6) is -0.767. The molecule has 3 atom stereocenters. The molecule has 3 N–H and O–H groups in total. The Hall–Kier alpha value is -2.47. The van der Waals surface area contributed by atoms with Crippen LogP contribution in [0.3, 0.4) is 0 Å². The molecular weight excluding hydrogens is 515 g/mol. The van der Waals surface area contributed by atoms with Gasteiger partial charge in [0.15, 0.2) is 0 Å². The Bertz CT molecular complexity index is 946. The van der Waals surface area contributed by atoms with Gasteiger partial charge in [0.1, 0.15) is 21.5 Å². The third kappa shape index (κ3) is 6.03. The second-order valence-electron chi connectivity index (χ2n) is 7.61. The maximum Gasteiger partial charge on any atom is 0.243 e. The van der Waals surface area contributed by atoms with Gasteiger partial charge in [0.05, 0.1) is 12.5 Å². The van der Waals surface area contributed by atoms with E-state index in [9.17, 15) is 19.5 Å². The van der Waals surface area contributed by atoms with Gasteiger partial charge < -0.3 is 25.2 Å². The van der Waals surface area contributed by atoms with Crippen LogP contribution in [0, 0.1) is 10.6 Å². The Kier molecular flexibility index (Phi) is 7.65. The van der Waals surface area contributed by atoms with E-state index in [1.165, 1.54) is 11.9 Å². The van der Waals surface area contributed by atoms with Gasteiger partial charge in [0.25, 0.3) is 0 Å². The molecule has 2 aromatic rings. The van der Waals surface area contributed by atoms with Gasteiger partial charge >= 0.3 is 0 Å². The number of nitrogens with one attached hydrogen (secondary N) is 2. The van der Waals surface area contributed by atoms with Crippen molar-refractivity contribution in [3.8, 4) is 0 Å². The minimum absolute atomic E-state index is 0.0464. The lowest BCUT2D eigenvalue weighted by atomic mass is 10.0. The van der Waals surface area contributed by atoms with Crippen LogP contribution in [0.2, 0.25) is 0 Å². The molecule has 3 rings (SSSR count). The smallest absolute Gasteiger partial charge is 0.243 e. The monoisotopic (exact) mass is 540 g/mol. The molecule has 31 heavy (non-hydrogen) atoms. The number of β-amino-alcohol motifs (C(OH)–C–C–N with tert-alkyl or cyclic N) is 1. The molecule has 9 nitrogen and oxygen atoms in total. The molecule has 10 heteroatoms. The molecule has 0 bridgehead atoms. The molecule has 0 spiro atoms. The molecule has 1 fully saturated rings. The number of halogens is 1. The average molecular weight is 540 g/mol. The molecule has 3 amide bonds. The number of hydrogen-bond acceptors (Lipinski definition) is 6. The van der Waals surface area contributed by atoms with Gasteiger partial charge in [0.2, 0.25) is 17.7 Å². The van der Waals surface area contributed by atoms with E-state index in [0.717, 1.165) is 11.1 Å². The van der Waals surface area contributed by atoms with E-state index in [1.54, 1.807) is 6.07 Å². The van der Waals surface area contributed by atoms with Crippen molar-refractivity contribution in [3.05, 3.63) is 50.9 Å². The molecule has 0 saturated carbocycles. The maximum atomic E-state index is 13.0. The first-order valence-corrected chi connectivity index (χ1v) is 11.0. The highest BCUT2D eigenvalue weighted by Gasteiger charge is 2.40. The van der Waals surface area contributed by atoms with Gasteiger partial charge in [0, 0.05) is 32.5 Å². The zero-order chi connectivity index (χ0) is 22.5. The van der Waals surface area contributed by atoms with E-state index in [0.29, 0.717) is 15.9 Å². The summed E-state index contributed by atoms with van der Waals surface area (Å²) in [6.45, 7) is 2.02. The summed E-state index contributed by atoms with van der Waals surface area (Å²) in [6.07, 6.45) is -0.457. The number of aliphatic hydroxyl groups is 1. The number of aryl methyl sites for hydroxylation is 1. The first-order valence-electron chi connectivity index (χ1n) is 9.93. The fraction of sp³-hybridized carbons (Fsp3) is 0.429. The largest absolute Gasteiger partial charge is 0.391 e. The highest BCUT2D eigenvalue weighted by Crippen LogP contribution is 2.20. The molecule has 1 aliphatic rings. The number of aromatic nitrogens is 1. The lowest BCUT2D eigenvalue weighted by Crippen LogP contribution is -2.53. The number of hydrogen-bond donors (Lipinski definition) is 3. The van der Waals surface area contributed by atoms with Gasteiger partial charge in [-0.3, -0.25) is 14.4 Å². The summed E-state index contributed by atoms with van der Waals surface area (Å²) < 4.78 is 5.71. The van der Waals surface area contributed by atoms with Crippen LogP contribution in [0.5, 0.6) is 0 Å². The van der Waals surface area contributed by atoms with Crippen molar-refractivity contribution < 1.29 is 24.0 Å². The van der Waals surface area contributed by atoms with Crippen molar-refractivity contribution in [1.82, 2.24) is 20.7 Å². The van der Waals surface area contributed by atoms with Crippen molar-refractivity contribution >= 4 is 40.3 Å². The van der Waals surface area contributed by atoms with E-state index in [1.807, 2.05) is 53.8 Å². The fourth-order valence-corrected chi connectivity index (χ4v) is 4.02. The lowest BCUT2D eigenvalue weighted by molar-refractivity contribution is -0.139. The van der Waals surface area contributed by atoms with Crippen LogP contribution in [0.25, 0.3) is 0 Å². The number of likely N-dealkylation sites (N-methyl/N-ethyl adjacent to an activating group) is 1. The Morgan fingerprint density at radius 2 is 2.03 bits per heavy atom. The summed E-state index contributed by atoms with van der Waals surface area (Å²) in [7, 11) is 1.50. The van der Waals surface area contributed by atoms with Crippen molar-refractivity contribution in [1.29, 1.82) is 0 Å². The normalized spacial score (nSPS) is 19.2. The van der Waals surface area contributed by atoms with Gasteiger partial charge in [-0.1, -0.05) is 35.0 Å². The standard InChI is InChI=1S/C21H25IN4O5/c1-12-3-5-13(6-4-12)7-16(20(29)23-2)24-21(30)17-8-14(27)11-26(17)19(28)10-15-9-18(22)25-31-15/h3-6,9,14,16-17,27H,7-8,10-11H2,1-2H3,(H,23,29)(H,24,30)/t14-,16-,17+/m1/s1. The summed E-state index contributed by atoms with van der Waals surface area (Å²) in [6, 6.07) is 7.67. The van der Waals surface area contributed by atoms with E-state index in [2.05, 4.69) is 15.8 Å². The lowest BCUT2D eigenvalue weighted by Gasteiger charge is -2.26. The van der Waals surface area contributed by atoms with Crippen molar-refractivity contribution in [2.24, 2.45) is 0 Å². The Labute approximate surface area is 193 Å². The second kappa shape index (κ2) is 10.2. The number of benzene rings is 1. The van der Waals surface area contributed by atoms with E-state index < -0.39 is 24.1 Å². The van der Waals surface area contributed by atoms with Gasteiger partial charge in [-0.15, -0.1) is 0 Å². The van der Waals surface area contributed by atoms with Crippen LogP contribution < -0.4 is 10.6 Å². The van der Waals surface area contributed by atoms with Crippen LogP contribution in [-0.4, -0.2) is 64.7 Å². The number of amides is 3. The zero-order valence-corrected chi connectivity index (χ0v) is 19.5. The van der Waals surface area contributed by atoms with Crippen molar-refractivity contribution in [2.75, 3.05) is 13.6 Å². The topological polar surface area (TPSA) is 125 Å². The minimum Gasteiger partial charge on any atom is -0.391 e. The molecule has 2 heterocycles. The SMILES string of the molecule is CNC(=O)[C@@H](Cc1ccc(C)cc1)NC(=O)[C@@H]1C[C@@H](O)CN1C(=O)Cc1cc(I)no1. The average Bonchev–Trinajstić information content (AvgIpc) is 3.33. The van der Waals surface area contributed by atoms with Crippen LogP contribution in [0.4, 0.5) is 0 Å². The fourth-order valence-electron chi connectivity index (χ4n) is 3.57. The predicted octanol–water partition coefficient (Wildman–Crippen LogP) is 0.565. The molecule has 0 aliphatic carbocycles. The molecule has 1 aromatic carbocycles. The van der Waals surface area contributed by atoms with Crippen LogP contribution >= 0.6 is 22.6 Å². The highest BCUT2D eigenvalue weighted by atomic mass is 127. The quantitative estimate of drug-likeness (QED) is 0.442. The second-order valence-corrected chi connectivity index (χ2v) is 8.71. The highest BCUT2D eigenvalue weighted by molar-refractivity contribution is 14.1. The molecule has 1 saturated heterocycles. The summed E-state index contributed by atoms with van der Waals surface area (Å²) in [5.41, 5.74) is 2.00. The van der Waals surface area contributed by atoms with Crippen LogP contribution in [-0.2, 0) is 27.2 Å². The number of likely N-dealkylation sites (tertiary alicyclic amines) is 1. The third-order valence-electron chi connectivity index (χ3n) is 5.20. The Morgan fingerprint density at radius 1 is 1.32 bits per heavy atom. The van der Waals surface area contributed by atoms with Gasteiger partial charge in [-0.25, -0.2) is 0 Å². The molecule has 0 unspecified atom stereocenters. The number of nitrogens with zero attached hydrogens (tertiary/aromatic N) is 2. The number of aliphatic hydroxyl groups excluding tert-OH is 1. The van der Waals surface area contributed by atoms with Gasteiger partial charge in [-0.05, 0) is 35.1 Å². The van der Waals surface area contributed by atoms with Crippen LogP contribution in [0.1, 0.15) is 23.3 Å². The van der Waals surface area contributed by atoms with E-state index >= 15 is 0 Å². The zero-order valence-electron chi connectivity index (χ0n) is 17.3. The van der Waals surface area contributed by atoms with E-state index in [4.69, 9.17) is 4.52 Å². The number of carbonyl (C=O) groups excluding carboxylic acids is 3. The molecule has 0 radical (unpaired) electrons. The maximum absolute atomic E-state index is 13.0. The Morgan fingerprint density at radius 3 is 2.65 bits per heavy atom. The molecular formula is C21H25IN4O5. The van der Waals surface area contributed by atoms with E-state index in [-0.39, 0.29) is 31.2 Å². The van der Waals surface area contributed by atoms with Crippen molar-refractivity contribution in [3.63, 3.8) is 0 Å². The van der Waals surface area contributed by atoms with Crippen molar-refractivity contribution in [2.45, 2.75) is 44.4 Å². The third-order valence-corrected chi connectivity index (χ3v) is 5.71. The number of rotatable bonds is 7. The number of carbonyl (C=O) groups is 3. The summed E-state index contributed by atoms with van der Waals surface area (Å²) in [5, 5.41) is 19.2. The first-order chi connectivity index (χ1) is 14.8. The summed E-state index contributed by atoms with van der Waals surface area (Å²) >= 11 is 1.98. The van der Waals surface area contributed by atoms with Crippen LogP contribution in [0.15, 0.2) is 34.9 Å². The van der Waals surface area contributed by atoms with Gasteiger partial charge in [-0.2, -0.15) is 0 Å². The molecule has 166 valence electrons. The minimum atomic E-state index is -0.866. The molecule has 1 aromatic heterocycles. The first kappa shape index (κ1) is 23.2. The summed E-state index contributed by atoms with van der Waals surface area (Å²) in [4.78, 5) is 39.5. The Balaban J connectivity index is 1.70.